The fourth-order valence-electron chi connectivity index (χ4n) is 2.79. The molecule has 0 N–H and O–H groups in total. The first kappa shape index (κ1) is 17.6. The Morgan fingerprint density at radius 2 is 2.05 bits per heavy atom. The van der Waals surface area contributed by atoms with E-state index in [0.29, 0.717) is 12.8 Å². The van der Waals surface area contributed by atoms with Crippen molar-refractivity contribution in [1.82, 2.24) is 0 Å². The topological polar surface area (TPSA) is 35.5 Å². The molecule has 0 radical (unpaired) electrons. The average Bonchev–Trinajstić information content (AvgIpc) is 2.48. The fraction of sp³-hybridized carbons (Fsp3) is 0.500. The number of esters is 1. The molecule has 3 nitrogen and oxygen atoms in total. The Bertz CT molecular complexity index is 500. The van der Waals surface area contributed by atoms with Crippen LogP contribution in [-0.2, 0) is 16.0 Å². The molecule has 0 amide bonds. The third-order valence-corrected chi connectivity index (χ3v) is 3.92. The molecule has 1 aliphatic heterocycles. The molecule has 1 atom stereocenters. The van der Waals surface area contributed by atoms with Crippen molar-refractivity contribution in [3.8, 4) is 5.75 Å². The molecule has 1 aromatic rings. The standard InChI is InChI=1S/C16H18FO3.Rb/c17-13-8-4-5-11-9-10-14(20-15(11)13)16(18)19-12-6-2-1-3-7-12;/h1,4-5,8,12,14H,2-3,6-7,9-10H2;/q-1;+1. The first-order chi connectivity index (χ1) is 9.74. The smallest absolute Gasteiger partial charge is 0.475 e. The summed E-state index contributed by atoms with van der Waals surface area (Å²) in [6.45, 7) is 0. The Morgan fingerprint density at radius 1 is 1.29 bits per heavy atom. The molecule has 21 heavy (non-hydrogen) atoms. The monoisotopic (exact) mass is 362 g/mol. The van der Waals surface area contributed by atoms with Gasteiger partial charge in [-0.15, -0.1) is 0 Å². The molecule has 0 aromatic heterocycles. The molecule has 1 heterocycles. The van der Waals surface area contributed by atoms with Crippen molar-refractivity contribution in [3.05, 3.63) is 36.0 Å². The molecule has 1 aromatic carbocycles. The number of rotatable bonds is 2. The van der Waals surface area contributed by atoms with Gasteiger partial charge in [-0.2, -0.15) is 12.8 Å². The third-order valence-electron chi connectivity index (χ3n) is 3.92. The van der Waals surface area contributed by atoms with Crippen LogP contribution in [0.25, 0.3) is 0 Å². The molecule has 2 aliphatic rings. The second kappa shape index (κ2) is 8.18. The Kier molecular flexibility index (Phi) is 6.85. The van der Waals surface area contributed by atoms with E-state index in [9.17, 15) is 9.18 Å². The van der Waals surface area contributed by atoms with Gasteiger partial charge in [-0.05, 0) is 37.3 Å². The van der Waals surface area contributed by atoms with Crippen LogP contribution in [-0.4, -0.2) is 18.2 Å². The number of aryl methyl sites for hydroxylation is 1. The molecule has 0 spiro atoms. The van der Waals surface area contributed by atoms with Gasteiger partial charge in [0.15, 0.2) is 17.7 Å². The van der Waals surface area contributed by atoms with Gasteiger partial charge in [0.2, 0.25) is 0 Å². The molecule has 0 saturated heterocycles. The van der Waals surface area contributed by atoms with Crippen molar-refractivity contribution in [3.63, 3.8) is 0 Å². The van der Waals surface area contributed by atoms with Gasteiger partial charge < -0.3 is 15.9 Å². The predicted molar refractivity (Wildman–Crippen MR) is 71.8 cm³/mol. The number of hydrogen-bond acceptors (Lipinski definition) is 3. The number of hydrogen-bond donors (Lipinski definition) is 0. The average molecular weight is 363 g/mol. The van der Waals surface area contributed by atoms with Crippen molar-refractivity contribution >= 4 is 5.97 Å². The second-order valence-electron chi connectivity index (χ2n) is 5.38. The number of para-hydroxylation sites is 1. The molecule has 1 saturated carbocycles. The Morgan fingerprint density at radius 3 is 2.81 bits per heavy atom. The fourth-order valence-corrected chi connectivity index (χ4v) is 2.79. The van der Waals surface area contributed by atoms with Crippen molar-refractivity contribution in [2.75, 3.05) is 0 Å². The molecule has 5 heteroatoms. The van der Waals surface area contributed by atoms with E-state index in [-0.39, 0.29) is 76.0 Å². The Labute approximate surface area is 173 Å². The number of halogens is 1. The number of benzene rings is 1. The van der Waals surface area contributed by atoms with Gasteiger partial charge in [-0.1, -0.05) is 12.1 Å². The summed E-state index contributed by atoms with van der Waals surface area (Å²) in [5.74, 6) is -0.559. The summed E-state index contributed by atoms with van der Waals surface area (Å²) in [6, 6.07) is 4.84. The van der Waals surface area contributed by atoms with E-state index in [1.54, 1.807) is 6.07 Å². The zero-order chi connectivity index (χ0) is 13.9. The minimum atomic E-state index is -0.676. The molecule has 1 unspecified atom stereocenters. The van der Waals surface area contributed by atoms with Gasteiger partial charge in [-0.25, -0.2) is 9.18 Å². The van der Waals surface area contributed by atoms with Crippen LogP contribution >= 0.6 is 0 Å². The summed E-state index contributed by atoms with van der Waals surface area (Å²) >= 11 is 0. The Hall–Kier alpha value is 0.225. The molecule has 3 rings (SSSR count). The van der Waals surface area contributed by atoms with Crippen LogP contribution in [0.1, 0.15) is 37.7 Å². The largest absolute Gasteiger partial charge is 1.00 e. The van der Waals surface area contributed by atoms with E-state index in [0.717, 1.165) is 31.2 Å². The van der Waals surface area contributed by atoms with Crippen LogP contribution in [0.3, 0.4) is 0 Å². The van der Waals surface area contributed by atoms with Crippen LogP contribution in [0.5, 0.6) is 5.75 Å². The van der Waals surface area contributed by atoms with E-state index in [1.165, 1.54) is 6.07 Å². The maximum absolute atomic E-state index is 13.7. The van der Waals surface area contributed by atoms with Crippen molar-refractivity contribution < 1.29 is 76.8 Å². The van der Waals surface area contributed by atoms with Crippen LogP contribution in [0, 0.1) is 12.2 Å². The van der Waals surface area contributed by atoms with Crippen LogP contribution in [0.2, 0.25) is 0 Å². The summed E-state index contributed by atoms with van der Waals surface area (Å²) in [7, 11) is 0. The minimum Gasteiger partial charge on any atom is -0.475 e. The minimum absolute atomic E-state index is 0. The van der Waals surface area contributed by atoms with Gasteiger partial charge in [-0.3, -0.25) is 0 Å². The second-order valence-corrected chi connectivity index (χ2v) is 5.38. The molecular formula is C16H18FO3Rb. The first-order valence-electron chi connectivity index (χ1n) is 7.20. The van der Waals surface area contributed by atoms with Gasteiger partial charge >= 0.3 is 64.2 Å². The Balaban J connectivity index is 0.00000161. The van der Waals surface area contributed by atoms with E-state index >= 15 is 0 Å². The predicted octanol–water partition coefficient (Wildman–Crippen LogP) is 0.213. The summed E-state index contributed by atoms with van der Waals surface area (Å²) in [6.07, 6.45) is 6.45. The zero-order valence-corrected chi connectivity index (χ0v) is 17.2. The van der Waals surface area contributed by atoms with Crippen molar-refractivity contribution in [2.45, 2.75) is 50.7 Å². The summed E-state index contributed by atoms with van der Waals surface area (Å²) < 4.78 is 24.7. The quantitative estimate of drug-likeness (QED) is 0.557. The zero-order valence-electron chi connectivity index (χ0n) is 12.3. The van der Waals surface area contributed by atoms with E-state index in [1.807, 2.05) is 6.07 Å². The van der Waals surface area contributed by atoms with Gasteiger partial charge in [0.1, 0.15) is 0 Å². The van der Waals surface area contributed by atoms with Crippen molar-refractivity contribution in [2.24, 2.45) is 0 Å². The summed E-state index contributed by atoms with van der Waals surface area (Å²) in [5, 5.41) is 0. The maximum atomic E-state index is 13.7. The third kappa shape index (κ3) is 4.37. The number of carbonyl (C=O) groups is 1. The van der Waals surface area contributed by atoms with E-state index in [2.05, 4.69) is 6.42 Å². The number of carbonyl (C=O) groups excluding carboxylic acids is 1. The van der Waals surface area contributed by atoms with Crippen molar-refractivity contribution in [1.29, 1.82) is 0 Å². The van der Waals surface area contributed by atoms with Gasteiger partial charge in [0.25, 0.3) is 0 Å². The maximum Gasteiger partial charge on any atom is 1.00 e. The normalized spacial score (nSPS) is 21.7. The van der Waals surface area contributed by atoms with Gasteiger partial charge in [0.05, 0.1) is 6.10 Å². The van der Waals surface area contributed by atoms with Gasteiger partial charge in [0, 0.05) is 0 Å². The molecule has 1 fully saturated rings. The van der Waals surface area contributed by atoms with Crippen LogP contribution in [0.15, 0.2) is 18.2 Å². The molecular weight excluding hydrogens is 345 g/mol. The molecule has 108 valence electrons. The molecule has 0 bridgehead atoms. The number of ether oxygens (including phenoxy) is 2. The van der Waals surface area contributed by atoms with Crippen LogP contribution < -0.4 is 62.9 Å². The summed E-state index contributed by atoms with van der Waals surface area (Å²) in [5.41, 5.74) is 0.821. The number of fused-ring (bicyclic) bond motifs is 1. The van der Waals surface area contributed by atoms with Crippen LogP contribution in [0.4, 0.5) is 4.39 Å². The van der Waals surface area contributed by atoms with E-state index < -0.39 is 11.9 Å². The summed E-state index contributed by atoms with van der Waals surface area (Å²) in [4.78, 5) is 12.1. The van der Waals surface area contributed by atoms with E-state index in [4.69, 9.17) is 9.47 Å². The first-order valence-corrected chi connectivity index (χ1v) is 7.20. The molecule has 1 aliphatic carbocycles. The SMILES string of the molecule is O=C(OC1CC[CH-]CC1)C1CCc2cccc(F)c2O1.[Rb+].